The number of rotatable bonds is 13. The van der Waals surface area contributed by atoms with Crippen molar-refractivity contribution >= 4 is 5.97 Å². The number of carbonyl (C=O) groups excluding carboxylic acids is 1. The summed E-state index contributed by atoms with van der Waals surface area (Å²) < 4.78 is 4.86. The van der Waals surface area contributed by atoms with Crippen LogP contribution in [0.2, 0.25) is 0 Å². The van der Waals surface area contributed by atoms with Crippen LogP contribution in [0.25, 0.3) is 0 Å². The Labute approximate surface area is 137 Å². The SMILES string of the molecule is CCCCC#CCCCCCCCCC=CCCOC(C)=O. The van der Waals surface area contributed by atoms with Gasteiger partial charge in [-0.1, -0.05) is 51.2 Å². The maximum atomic E-state index is 10.6. The van der Waals surface area contributed by atoms with Gasteiger partial charge in [0.1, 0.15) is 0 Å². The molecule has 0 aromatic rings. The largest absolute Gasteiger partial charge is 0.466 e. The molecule has 0 aromatic heterocycles. The molecule has 0 bridgehead atoms. The van der Waals surface area contributed by atoms with Gasteiger partial charge in [0.05, 0.1) is 6.61 Å². The van der Waals surface area contributed by atoms with Gasteiger partial charge in [0.15, 0.2) is 0 Å². The van der Waals surface area contributed by atoms with E-state index in [9.17, 15) is 4.79 Å². The number of ether oxygens (including phenoxy) is 1. The molecule has 0 saturated carbocycles. The second kappa shape index (κ2) is 17.8. The molecule has 0 aliphatic heterocycles. The Morgan fingerprint density at radius 3 is 2.14 bits per heavy atom. The third-order valence-corrected chi connectivity index (χ3v) is 3.46. The van der Waals surface area contributed by atoms with E-state index in [0.29, 0.717) is 6.61 Å². The third-order valence-electron chi connectivity index (χ3n) is 3.46. The van der Waals surface area contributed by atoms with E-state index < -0.39 is 0 Å². The molecule has 0 N–H and O–H groups in total. The highest BCUT2D eigenvalue weighted by molar-refractivity contribution is 5.65. The van der Waals surface area contributed by atoms with Crippen molar-refractivity contribution in [3.05, 3.63) is 12.2 Å². The van der Waals surface area contributed by atoms with Crippen LogP contribution in [0.3, 0.4) is 0 Å². The summed E-state index contributed by atoms with van der Waals surface area (Å²) in [5.74, 6) is 6.33. The Kier molecular flexibility index (Phi) is 16.8. The van der Waals surface area contributed by atoms with Gasteiger partial charge in [-0.25, -0.2) is 0 Å². The molecule has 22 heavy (non-hydrogen) atoms. The van der Waals surface area contributed by atoms with E-state index in [1.54, 1.807) is 0 Å². The minimum Gasteiger partial charge on any atom is -0.466 e. The predicted molar refractivity (Wildman–Crippen MR) is 94.6 cm³/mol. The molecule has 0 rings (SSSR count). The lowest BCUT2D eigenvalue weighted by atomic mass is 10.1. The lowest BCUT2D eigenvalue weighted by molar-refractivity contribution is -0.140. The van der Waals surface area contributed by atoms with Gasteiger partial charge in [-0.15, -0.1) is 11.8 Å². The van der Waals surface area contributed by atoms with Gasteiger partial charge >= 0.3 is 5.97 Å². The van der Waals surface area contributed by atoms with Crippen molar-refractivity contribution < 1.29 is 9.53 Å². The topological polar surface area (TPSA) is 26.3 Å². The monoisotopic (exact) mass is 306 g/mol. The average Bonchev–Trinajstić information content (AvgIpc) is 2.50. The lowest BCUT2D eigenvalue weighted by Gasteiger charge is -1.99. The fourth-order valence-corrected chi connectivity index (χ4v) is 2.13. The zero-order valence-corrected chi connectivity index (χ0v) is 14.7. The van der Waals surface area contributed by atoms with Crippen molar-refractivity contribution in [2.45, 2.75) is 90.9 Å². The first-order valence-electron chi connectivity index (χ1n) is 9.01. The molecular weight excluding hydrogens is 272 g/mol. The first-order valence-corrected chi connectivity index (χ1v) is 9.01. The summed E-state index contributed by atoms with van der Waals surface area (Å²) in [6.45, 7) is 4.16. The Morgan fingerprint density at radius 1 is 0.864 bits per heavy atom. The summed E-state index contributed by atoms with van der Waals surface area (Å²) in [5, 5.41) is 0. The van der Waals surface area contributed by atoms with Crippen LogP contribution in [0.1, 0.15) is 90.9 Å². The van der Waals surface area contributed by atoms with Crippen molar-refractivity contribution in [1.82, 2.24) is 0 Å². The van der Waals surface area contributed by atoms with Crippen molar-refractivity contribution in [3.8, 4) is 11.8 Å². The zero-order valence-electron chi connectivity index (χ0n) is 14.7. The number of unbranched alkanes of at least 4 members (excludes halogenated alkanes) is 9. The summed E-state index contributed by atoms with van der Waals surface area (Å²) in [6, 6.07) is 0. The van der Waals surface area contributed by atoms with Crippen LogP contribution < -0.4 is 0 Å². The van der Waals surface area contributed by atoms with E-state index in [1.807, 2.05) is 0 Å². The number of allylic oxidation sites excluding steroid dienone is 1. The maximum Gasteiger partial charge on any atom is 0.302 e. The van der Waals surface area contributed by atoms with Gasteiger partial charge in [0, 0.05) is 19.8 Å². The van der Waals surface area contributed by atoms with Crippen LogP contribution in [-0.2, 0) is 9.53 Å². The number of carbonyl (C=O) groups is 1. The molecule has 0 aliphatic rings. The van der Waals surface area contributed by atoms with Crippen LogP contribution in [0.5, 0.6) is 0 Å². The smallest absolute Gasteiger partial charge is 0.302 e. The van der Waals surface area contributed by atoms with Gasteiger partial charge in [-0.05, 0) is 32.1 Å². The first-order chi connectivity index (χ1) is 10.8. The Balaban J connectivity index is 3.15. The van der Waals surface area contributed by atoms with E-state index >= 15 is 0 Å². The minimum absolute atomic E-state index is 0.194. The van der Waals surface area contributed by atoms with E-state index in [4.69, 9.17) is 4.74 Å². The van der Waals surface area contributed by atoms with E-state index in [0.717, 1.165) is 25.7 Å². The molecule has 0 unspecified atom stereocenters. The zero-order chi connectivity index (χ0) is 16.3. The average molecular weight is 306 g/mol. The molecule has 126 valence electrons. The highest BCUT2D eigenvalue weighted by Gasteiger charge is 1.91. The summed E-state index contributed by atoms with van der Waals surface area (Å²) in [5.41, 5.74) is 0. The second-order valence-electron chi connectivity index (χ2n) is 5.72. The van der Waals surface area contributed by atoms with E-state index in [-0.39, 0.29) is 5.97 Å². The Bertz CT molecular complexity index is 333. The maximum absolute atomic E-state index is 10.6. The van der Waals surface area contributed by atoms with Crippen LogP contribution in [-0.4, -0.2) is 12.6 Å². The number of hydrogen-bond donors (Lipinski definition) is 0. The molecule has 0 saturated heterocycles. The first kappa shape index (κ1) is 20.8. The molecule has 2 heteroatoms. The summed E-state index contributed by atoms with van der Waals surface area (Å²) in [7, 11) is 0. The van der Waals surface area contributed by atoms with Crippen molar-refractivity contribution in [2.24, 2.45) is 0 Å². The summed E-state index contributed by atoms with van der Waals surface area (Å²) in [6.07, 6.45) is 18.8. The number of esters is 1. The van der Waals surface area contributed by atoms with Gasteiger partial charge in [-0.3, -0.25) is 4.79 Å². The van der Waals surface area contributed by atoms with E-state index in [1.165, 1.54) is 58.3 Å². The van der Waals surface area contributed by atoms with Crippen LogP contribution in [0.15, 0.2) is 12.2 Å². The van der Waals surface area contributed by atoms with Crippen LogP contribution >= 0.6 is 0 Å². The second-order valence-corrected chi connectivity index (χ2v) is 5.72. The summed E-state index contributed by atoms with van der Waals surface area (Å²) >= 11 is 0. The lowest BCUT2D eigenvalue weighted by Crippen LogP contribution is -1.98. The molecule has 0 aromatic carbocycles. The molecule has 0 amide bonds. The quantitative estimate of drug-likeness (QED) is 0.186. The molecule has 0 heterocycles. The van der Waals surface area contributed by atoms with Crippen LogP contribution in [0, 0.1) is 11.8 Å². The van der Waals surface area contributed by atoms with Crippen molar-refractivity contribution in [3.63, 3.8) is 0 Å². The van der Waals surface area contributed by atoms with Crippen molar-refractivity contribution in [2.75, 3.05) is 6.61 Å². The third kappa shape index (κ3) is 18.8. The summed E-state index contributed by atoms with van der Waals surface area (Å²) in [4.78, 5) is 10.6. The number of hydrogen-bond acceptors (Lipinski definition) is 2. The van der Waals surface area contributed by atoms with Gasteiger partial charge in [-0.2, -0.15) is 0 Å². The molecule has 2 nitrogen and oxygen atoms in total. The highest BCUT2D eigenvalue weighted by Crippen LogP contribution is 2.08. The minimum atomic E-state index is -0.194. The molecule has 0 fully saturated rings. The predicted octanol–water partition coefficient (Wildman–Crippen LogP) is 5.81. The van der Waals surface area contributed by atoms with E-state index in [2.05, 4.69) is 30.9 Å². The Morgan fingerprint density at radius 2 is 1.45 bits per heavy atom. The van der Waals surface area contributed by atoms with Gasteiger partial charge in [0.25, 0.3) is 0 Å². The molecule has 0 radical (unpaired) electrons. The molecule has 0 aliphatic carbocycles. The van der Waals surface area contributed by atoms with Gasteiger partial charge in [0.2, 0.25) is 0 Å². The normalized spacial score (nSPS) is 10.5. The molecule has 0 spiro atoms. The Hall–Kier alpha value is -1.23. The standard InChI is InChI=1S/C20H34O2/c1-3-4-5-6-7-8-9-10-11-12-13-14-15-16-17-18-19-22-20(2)21/h16-17H,3-5,8-15,18-19H2,1-2H3. The van der Waals surface area contributed by atoms with Crippen LogP contribution in [0.4, 0.5) is 0 Å². The fraction of sp³-hybridized carbons (Fsp3) is 0.750. The fourth-order valence-electron chi connectivity index (χ4n) is 2.13. The van der Waals surface area contributed by atoms with Gasteiger partial charge < -0.3 is 4.74 Å². The molecule has 0 atom stereocenters. The van der Waals surface area contributed by atoms with Crippen molar-refractivity contribution in [1.29, 1.82) is 0 Å². The highest BCUT2D eigenvalue weighted by atomic mass is 16.5. The molecular formula is C20H34O2.